The van der Waals surface area contributed by atoms with Gasteiger partial charge in [-0.1, -0.05) is 57.2 Å². The van der Waals surface area contributed by atoms with Gasteiger partial charge in [-0.2, -0.15) is 0 Å². The van der Waals surface area contributed by atoms with Gasteiger partial charge in [-0.05, 0) is 18.8 Å². The van der Waals surface area contributed by atoms with Crippen molar-refractivity contribution in [2.24, 2.45) is 5.41 Å². The summed E-state index contributed by atoms with van der Waals surface area (Å²) in [6, 6.07) is 0. The van der Waals surface area contributed by atoms with E-state index in [1.54, 1.807) is 0 Å². The molecule has 68 valence electrons. The Morgan fingerprint density at radius 1 is 1.33 bits per heavy atom. The zero-order chi connectivity index (χ0) is 9.61. The maximum atomic E-state index is 3.65. The van der Waals surface area contributed by atoms with Crippen LogP contribution in [0, 0.1) is 5.41 Å². The van der Waals surface area contributed by atoms with Crippen LogP contribution < -0.4 is 0 Å². The summed E-state index contributed by atoms with van der Waals surface area (Å²) in [5.41, 5.74) is 1.65. The van der Waals surface area contributed by atoms with E-state index in [4.69, 9.17) is 0 Å². The van der Waals surface area contributed by atoms with Gasteiger partial charge in [-0.3, -0.25) is 0 Å². The summed E-state index contributed by atoms with van der Waals surface area (Å²) < 4.78 is 0. The first-order chi connectivity index (χ1) is 5.45. The van der Waals surface area contributed by atoms with E-state index in [1.807, 2.05) is 12.2 Å². The van der Waals surface area contributed by atoms with E-state index in [0.29, 0.717) is 5.41 Å². The van der Waals surface area contributed by atoms with Crippen LogP contribution in [-0.2, 0) is 0 Å². The third-order valence-electron chi connectivity index (χ3n) is 1.49. The molecule has 0 fully saturated rings. The van der Waals surface area contributed by atoms with Gasteiger partial charge < -0.3 is 0 Å². The molecule has 0 aliphatic carbocycles. The third kappa shape index (κ3) is 7.33. The summed E-state index contributed by atoms with van der Waals surface area (Å²) in [6.07, 6.45) is 9.31. The van der Waals surface area contributed by atoms with Gasteiger partial charge >= 0.3 is 0 Å². The Morgan fingerprint density at radius 2 is 1.92 bits per heavy atom. The van der Waals surface area contributed by atoms with Crippen LogP contribution in [0.3, 0.4) is 0 Å². The molecule has 0 nitrogen and oxygen atoms in total. The van der Waals surface area contributed by atoms with E-state index in [0.717, 1.165) is 6.42 Å². The van der Waals surface area contributed by atoms with Gasteiger partial charge in [0.05, 0.1) is 0 Å². The average Bonchev–Trinajstić information content (AvgIpc) is 1.84. The molecule has 0 radical (unpaired) electrons. The zero-order valence-corrected chi connectivity index (χ0v) is 8.72. The molecular weight excluding hydrogens is 144 g/mol. The van der Waals surface area contributed by atoms with Crippen LogP contribution in [0.4, 0.5) is 0 Å². The molecule has 0 aromatic carbocycles. The molecule has 0 heteroatoms. The second kappa shape index (κ2) is 4.97. The van der Waals surface area contributed by atoms with Gasteiger partial charge in [0, 0.05) is 0 Å². The fourth-order valence-corrected chi connectivity index (χ4v) is 0.840. The first-order valence-corrected chi connectivity index (χ1v) is 4.41. The predicted molar refractivity (Wildman–Crippen MR) is 57.2 cm³/mol. The van der Waals surface area contributed by atoms with Gasteiger partial charge in [-0.15, -0.1) is 0 Å². The van der Waals surface area contributed by atoms with Gasteiger partial charge in [0.2, 0.25) is 0 Å². The van der Waals surface area contributed by atoms with Gasteiger partial charge in [0.1, 0.15) is 0 Å². The van der Waals surface area contributed by atoms with Crippen molar-refractivity contribution in [1.82, 2.24) is 0 Å². The second-order valence-corrected chi connectivity index (χ2v) is 4.31. The summed E-state index contributed by atoms with van der Waals surface area (Å²) in [4.78, 5) is 0. The highest BCUT2D eigenvalue weighted by Gasteiger charge is 2.05. The van der Waals surface area contributed by atoms with Crippen LogP contribution in [0.2, 0.25) is 0 Å². The summed E-state index contributed by atoms with van der Waals surface area (Å²) >= 11 is 0. The fourth-order valence-electron chi connectivity index (χ4n) is 0.840. The average molecular weight is 164 g/mol. The smallest absolute Gasteiger partial charge is 0.0298 e. The van der Waals surface area contributed by atoms with Crippen molar-refractivity contribution >= 4 is 0 Å². The van der Waals surface area contributed by atoms with Crippen molar-refractivity contribution in [3.63, 3.8) is 0 Å². The van der Waals surface area contributed by atoms with E-state index in [9.17, 15) is 0 Å². The number of hydrogen-bond acceptors (Lipinski definition) is 0. The van der Waals surface area contributed by atoms with Crippen molar-refractivity contribution in [2.75, 3.05) is 0 Å². The Morgan fingerprint density at radius 3 is 2.33 bits per heavy atom. The molecule has 0 aliphatic rings. The minimum Gasteiger partial charge on any atom is -0.0991 e. The van der Waals surface area contributed by atoms with Crippen molar-refractivity contribution < 1.29 is 0 Å². The molecule has 0 spiro atoms. The minimum atomic E-state index is 0.394. The summed E-state index contributed by atoms with van der Waals surface area (Å²) in [5.74, 6) is 0. The molecular formula is C12H20. The SMILES string of the molecule is C=C/C=C(C)\C=C/CC(C)(C)C. The number of allylic oxidation sites excluding steroid dienone is 5. The Bertz CT molecular complexity index is 187. The van der Waals surface area contributed by atoms with Gasteiger partial charge in [0.15, 0.2) is 0 Å². The van der Waals surface area contributed by atoms with Gasteiger partial charge in [-0.25, -0.2) is 0 Å². The maximum absolute atomic E-state index is 3.65. The quantitative estimate of drug-likeness (QED) is 0.551. The Balaban J connectivity index is 3.93. The standard InChI is InChI=1S/C12H20/c1-6-8-11(2)9-7-10-12(3,4)5/h6-9H,1,10H2,2-5H3/b9-7-,11-8-. The van der Waals surface area contributed by atoms with Crippen molar-refractivity contribution in [1.29, 1.82) is 0 Å². The third-order valence-corrected chi connectivity index (χ3v) is 1.49. The maximum Gasteiger partial charge on any atom is -0.0298 e. The molecule has 0 aliphatic heterocycles. The topological polar surface area (TPSA) is 0 Å². The molecule has 0 aromatic rings. The molecule has 0 saturated carbocycles. The van der Waals surface area contributed by atoms with E-state index < -0.39 is 0 Å². The van der Waals surface area contributed by atoms with Crippen molar-refractivity contribution in [3.05, 3.63) is 36.5 Å². The van der Waals surface area contributed by atoms with Crippen LogP contribution in [-0.4, -0.2) is 0 Å². The highest BCUT2D eigenvalue weighted by atomic mass is 14.1. The number of rotatable bonds is 3. The first kappa shape index (κ1) is 11.2. The lowest BCUT2D eigenvalue weighted by atomic mass is 9.92. The van der Waals surface area contributed by atoms with Crippen LogP contribution in [0.25, 0.3) is 0 Å². The minimum absolute atomic E-state index is 0.394. The second-order valence-electron chi connectivity index (χ2n) is 4.31. The summed E-state index contributed by atoms with van der Waals surface area (Å²) in [6.45, 7) is 12.5. The fraction of sp³-hybridized carbons (Fsp3) is 0.500. The van der Waals surface area contributed by atoms with Crippen molar-refractivity contribution in [3.8, 4) is 0 Å². The molecule has 0 bridgehead atoms. The van der Waals surface area contributed by atoms with E-state index in [1.165, 1.54) is 5.57 Å². The predicted octanol–water partition coefficient (Wildman–Crippen LogP) is 4.11. The molecule has 0 heterocycles. The molecule has 0 saturated heterocycles. The molecule has 0 rings (SSSR count). The van der Waals surface area contributed by atoms with E-state index in [2.05, 4.69) is 46.4 Å². The molecule has 0 atom stereocenters. The zero-order valence-electron chi connectivity index (χ0n) is 8.72. The lowest BCUT2D eigenvalue weighted by Gasteiger charge is -2.14. The molecule has 0 unspecified atom stereocenters. The Kier molecular flexibility index (Phi) is 4.65. The van der Waals surface area contributed by atoms with Gasteiger partial charge in [0.25, 0.3) is 0 Å². The lowest BCUT2D eigenvalue weighted by Crippen LogP contribution is -2.01. The van der Waals surface area contributed by atoms with Crippen LogP contribution in [0.1, 0.15) is 34.1 Å². The molecule has 0 N–H and O–H groups in total. The van der Waals surface area contributed by atoms with Crippen LogP contribution in [0.15, 0.2) is 36.5 Å². The van der Waals surface area contributed by atoms with Crippen LogP contribution in [0.5, 0.6) is 0 Å². The Hall–Kier alpha value is -0.780. The van der Waals surface area contributed by atoms with E-state index in [-0.39, 0.29) is 0 Å². The number of hydrogen-bond donors (Lipinski definition) is 0. The van der Waals surface area contributed by atoms with Crippen molar-refractivity contribution in [2.45, 2.75) is 34.1 Å². The highest BCUT2D eigenvalue weighted by Crippen LogP contribution is 2.19. The van der Waals surface area contributed by atoms with E-state index >= 15 is 0 Å². The first-order valence-electron chi connectivity index (χ1n) is 4.41. The summed E-state index contributed by atoms with van der Waals surface area (Å²) in [7, 11) is 0. The monoisotopic (exact) mass is 164 g/mol. The molecule has 0 amide bonds. The molecule has 0 aromatic heterocycles. The largest absolute Gasteiger partial charge is 0.0991 e. The normalized spacial score (nSPS) is 13.8. The highest BCUT2D eigenvalue weighted by molar-refractivity contribution is 5.20. The molecule has 12 heavy (non-hydrogen) atoms. The lowest BCUT2D eigenvalue weighted by molar-refractivity contribution is 0.420. The Labute approximate surface area is 76.7 Å². The summed E-state index contributed by atoms with van der Waals surface area (Å²) in [5, 5.41) is 0. The van der Waals surface area contributed by atoms with Crippen LogP contribution >= 0.6 is 0 Å².